The van der Waals surface area contributed by atoms with Crippen molar-refractivity contribution in [2.75, 3.05) is 7.11 Å². The second kappa shape index (κ2) is 7.27. The van der Waals surface area contributed by atoms with Gasteiger partial charge in [-0.15, -0.1) is 0 Å². The first-order valence-corrected chi connectivity index (χ1v) is 5.89. The average molecular weight is 259 g/mol. The Kier molecular flexibility index (Phi) is 6.80. The van der Waals surface area contributed by atoms with E-state index in [1.807, 2.05) is 33.8 Å². The molecule has 0 aromatic heterocycles. The van der Waals surface area contributed by atoms with E-state index < -0.39 is 11.7 Å². The van der Waals surface area contributed by atoms with E-state index in [-0.39, 0.29) is 6.04 Å². The summed E-state index contributed by atoms with van der Waals surface area (Å²) < 4.78 is 9.94. The van der Waals surface area contributed by atoms with Gasteiger partial charge in [-0.05, 0) is 52.4 Å². The average Bonchev–Trinajstić information content (AvgIpc) is 2.13. The lowest BCUT2D eigenvalue weighted by molar-refractivity contribution is 0.0509. The molecule has 1 amide bonds. The van der Waals surface area contributed by atoms with Gasteiger partial charge in [-0.25, -0.2) is 4.79 Å². The number of ether oxygens (including phenoxy) is 2. The Morgan fingerprint density at radius 2 is 2.06 bits per heavy atom. The van der Waals surface area contributed by atoms with Crippen LogP contribution in [0.15, 0.2) is 12.2 Å². The molecular weight excluding hydrogens is 238 g/mol. The zero-order valence-corrected chi connectivity index (χ0v) is 11.9. The minimum atomic E-state index is -0.475. The maximum absolute atomic E-state index is 11.4. The van der Waals surface area contributed by atoms with E-state index in [0.717, 1.165) is 0 Å². The second-order valence-electron chi connectivity index (χ2n) is 4.71. The van der Waals surface area contributed by atoms with Crippen LogP contribution in [-0.4, -0.2) is 29.9 Å². The normalized spacial score (nSPS) is 13.2. The fraction of sp³-hybridized carbons (Fsp3) is 0.667. The van der Waals surface area contributed by atoms with Crippen molar-refractivity contribution in [3.8, 4) is 0 Å². The number of nitrogens with one attached hydrogen (secondary N) is 1. The number of alkyl carbamates (subject to hydrolysis) is 1. The molecule has 0 aliphatic heterocycles. The van der Waals surface area contributed by atoms with Crippen LogP contribution in [0.5, 0.6) is 0 Å². The Morgan fingerprint density at radius 1 is 1.47 bits per heavy atom. The van der Waals surface area contributed by atoms with E-state index >= 15 is 0 Å². The Hall–Kier alpha value is -1.10. The highest BCUT2D eigenvalue weighted by atomic mass is 32.1. The maximum atomic E-state index is 11.4. The van der Waals surface area contributed by atoms with Crippen molar-refractivity contribution in [1.29, 1.82) is 0 Å². The van der Waals surface area contributed by atoms with Gasteiger partial charge in [0, 0.05) is 6.04 Å². The van der Waals surface area contributed by atoms with Crippen LogP contribution in [0.25, 0.3) is 0 Å². The molecule has 17 heavy (non-hydrogen) atoms. The molecule has 0 bridgehead atoms. The molecule has 1 atom stereocenters. The molecule has 4 nitrogen and oxygen atoms in total. The van der Waals surface area contributed by atoms with Crippen LogP contribution in [0.2, 0.25) is 0 Å². The highest BCUT2D eigenvalue weighted by Crippen LogP contribution is 2.07. The summed E-state index contributed by atoms with van der Waals surface area (Å²) in [6.07, 6.45) is 3.81. The summed E-state index contributed by atoms with van der Waals surface area (Å²) in [6.45, 7) is 7.38. The SMILES string of the molecule is COC(=S)/C=C/CC(C)NC(=O)OC(C)(C)C. The minimum Gasteiger partial charge on any atom is -0.487 e. The van der Waals surface area contributed by atoms with Crippen LogP contribution in [0, 0.1) is 0 Å². The predicted molar refractivity (Wildman–Crippen MR) is 72.2 cm³/mol. The third-order valence-electron chi connectivity index (χ3n) is 1.71. The second-order valence-corrected chi connectivity index (χ2v) is 5.11. The number of hydrogen-bond donors (Lipinski definition) is 1. The Bertz CT molecular complexity index is 295. The number of carbonyl (C=O) groups excluding carboxylic acids is 1. The van der Waals surface area contributed by atoms with E-state index in [1.54, 1.807) is 6.08 Å². The molecule has 0 rings (SSSR count). The summed E-state index contributed by atoms with van der Waals surface area (Å²) in [5, 5.41) is 3.16. The minimum absolute atomic E-state index is 0.0132. The van der Waals surface area contributed by atoms with Crippen molar-refractivity contribution < 1.29 is 14.3 Å². The van der Waals surface area contributed by atoms with Gasteiger partial charge in [0.15, 0.2) is 5.05 Å². The molecule has 1 N–H and O–H groups in total. The van der Waals surface area contributed by atoms with Crippen LogP contribution in [-0.2, 0) is 9.47 Å². The lowest BCUT2D eigenvalue weighted by Gasteiger charge is -2.21. The molecule has 0 heterocycles. The van der Waals surface area contributed by atoms with Crippen LogP contribution < -0.4 is 5.32 Å². The van der Waals surface area contributed by atoms with Crippen molar-refractivity contribution in [2.45, 2.75) is 45.8 Å². The number of thiocarbonyl (C=S) groups is 1. The fourth-order valence-electron chi connectivity index (χ4n) is 1.00. The van der Waals surface area contributed by atoms with E-state index in [2.05, 4.69) is 5.32 Å². The van der Waals surface area contributed by atoms with E-state index in [4.69, 9.17) is 21.7 Å². The highest BCUT2D eigenvalue weighted by Gasteiger charge is 2.16. The van der Waals surface area contributed by atoms with Gasteiger partial charge in [0.05, 0.1) is 7.11 Å². The first-order valence-electron chi connectivity index (χ1n) is 5.48. The van der Waals surface area contributed by atoms with Crippen molar-refractivity contribution >= 4 is 23.4 Å². The summed E-state index contributed by atoms with van der Waals surface area (Å²) in [5.41, 5.74) is -0.475. The number of hydrogen-bond acceptors (Lipinski definition) is 4. The quantitative estimate of drug-likeness (QED) is 0.623. The molecule has 0 aliphatic carbocycles. The van der Waals surface area contributed by atoms with Crippen molar-refractivity contribution in [2.24, 2.45) is 0 Å². The Labute approximate surface area is 108 Å². The van der Waals surface area contributed by atoms with E-state index in [0.29, 0.717) is 11.5 Å². The molecule has 0 radical (unpaired) electrons. The van der Waals surface area contributed by atoms with Crippen molar-refractivity contribution in [3.63, 3.8) is 0 Å². The first-order chi connectivity index (χ1) is 7.74. The summed E-state index contributed by atoms with van der Waals surface area (Å²) in [6, 6.07) is -0.0132. The van der Waals surface area contributed by atoms with Gasteiger partial charge in [-0.1, -0.05) is 6.08 Å². The molecule has 0 aromatic rings. The van der Waals surface area contributed by atoms with Gasteiger partial charge < -0.3 is 14.8 Å². The molecule has 0 saturated heterocycles. The van der Waals surface area contributed by atoms with Gasteiger partial charge in [-0.2, -0.15) is 0 Å². The van der Waals surface area contributed by atoms with Crippen LogP contribution in [0.4, 0.5) is 4.79 Å². The van der Waals surface area contributed by atoms with Crippen LogP contribution >= 0.6 is 12.2 Å². The number of amides is 1. The number of carbonyl (C=O) groups is 1. The third-order valence-corrected chi connectivity index (χ3v) is 2.01. The molecule has 1 unspecified atom stereocenters. The smallest absolute Gasteiger partial charge is 0.407 e. The monoisotopic (exact) mass is 259 g/mol. The standard InChI is InChI=1S/C12H21NO3S/c1-9(7-6-8-10(17)15-5)13-11(14)16-12(2,3)4/h6,8-9H,7H2,1-5H3,(H,13,14)/b8-6+. The van der Waals surface area contributed by atoms with Crippen molar-refractivity contribution in [1.82, 2.24) is 5.32 Å². The van der Waals surface area contributed by atoms with Crippen LogP contribution in [0.1, 0.15) is 34.1 Å². The Morgan fingerprint density at radius 3 is 2.53 bits per heavy atom. The zero-order valence-electron chi connectivity index (χ0n) is 11.1. The molecule has 0 fully saturated rings. The van der Waals surface area contributed by atoms with Crippen LogP contribution in [0.3, 0.4) is 0 Å². The van der Waals surface area contributed by atoms with Crippen molar-refractivity contribution in [3.05, 3.63) is 12.2 Å². The highest BCUT2D eigenvalue weighted by molar-refractivity contribution is 7.80. The van der Waals surface area contributed by atoms with E-state index in [9.17, 15) is 4.79 Å². The Balaban J connectivity index is 3.94. The molecule has 98 valence electrons. The summed E-state index contributed by atoms with van der Waals surface area (Å²) >= 11 is 4.85. The van der Waals surface area contributed by atoms with Gasteiger partial charge in [0.25, 0.3) is 0 Å². The molecule has 0 aromatic carbocycles. The molecule has 0 spiro atoms. The van der Waals surface area contributed by atoms with Gasteiger partial charge >= 0.3 is 6.09 Å². The molecule has 5 heteroatoms. The largest absolute Gasteiger partial charge is 0.487 e. The lowest BCUT2D eigenvalue weighted by atomic mass is 10.2. The predicted octanol–water partition coefficient (Wildman–Crippen LogP) is 2.82. The first kappa shape index (κ1) is 15.9. The van der Waals surface area contributed by atoms with Gasteiger partial charge in [-0.3, -0.25) is 0 Å². The third kappa shape index (κ3) is 9.81. The maximum Gasteiger partial charge on any atom is 0.407 e. The van der Waals surface area contributed by atoms with Gasteiger partial charge in [0.1, 0.15) is 5.60 Å². The van der Waals surface area contributed by atoms with E-state index in [1.165, 1.54) is 7.11 Å². The summed E-state index contributed by atoms with van der Waals surface area (Å²) in [7, 11) is 1.52. The topological polar surface area (TPSA) is 47.6 Å². The lowest BCUT2D eigenvalue weighted by Crippen LogP contribution is -2.37. The fourth-order valence-corrected chi connectivity index (χ4v) is 1.10. The molecule has 0 aliphatic rings. The summed E-state index contributed by atoms with van der Waals surface area (Å²) in [4.78, 5) is 11.4. The zero-order chi connectivity index (χ0) is 13.5. The number of rotatable bonds is 4. The number of methoxy groups -OCH3 is 1. The molecular formula is C12H21NO3S. The van der Waals surface area contributed by atoms with Gasteiger partial charge in [0.2, 0.25) is 0 Å². The summed E-state index contributed by atoms with van der Waals surface area (Å²) in [5.74, 6) is 0. The molecule has 0 saturated carbocycles.